The molecule has 1 saturated heterocycles. The summed E-state index contributed by atoms with van der Waals surface area (Å²) >= 11 is 0. The SMILES string of the molecule is COc1ccc(CNC(=O)C2CCC(=O)N2S(=O)(=O)c2ccc(C)c(C)c2)cc1. The molecule has 0 bridgehead atoms. The molecule has 7 nitrogen and oxygen atoms in total. The van der Waals surface area contributed by atoms with Crippen LogP contribution in [-0.2, 0) is 26.2 Å². The van der Waals surface area contributed by atoms with Gasteiger partial charge in [0.1, 0.15) is 11.8 Å². The fourth-order valence-electron chi connectivity index (χ4n) is 3.24. The zero-order valence-corrected chi connectivity index (χ0v) is 17.5. The lowest BCUT2D eigenvalue weighted by Gasteiger charge is -2.24. The van der Waals surface area contributed by atoms with Crippen LogP contribution in [0.15, 0.2) is 47.4 Å². The first kappa shape index (κ1) is 20.9. The molecule has 2 aromatic rings. The first-order chi connectivity index (χ1) is 13.7. The molecule has 2 aromatic carbocycles. The van der Waals surface area contributed by atoms with Crippen molar-refractivity contribution in [2.75, 3.05) is 7.11 Å². The molecule has 154 valence electrons. The van der Waals surface area contributed by atoms with E-state index < -0.39 is 27.9 Å². The quantitative estimate of drug-likeness (QED) is 0.780. The number of carbonyl (C=O) groups excluding carboxylic acids is 2. The lowest BCUT2D eigenvalue weighted by Crippen LogP contribution is -2.47. The molecule has 8 heteroatoms. The third kappa shape index (κ3) is 4.27. The number of rotatable bonds is 6. The summed E-state index contributed by atoms with van der Waals surface area (Å²) in [6.45, 7) is 3.91. The van der Waals surface area contributed by atoms with E-state index in [0.717, 1.165) is 21.0 Å². The minimum atomic E-state index is -4.11. The first-order valence-electron chi connectivity index (χ1n) is 9.29. The summed E-state index contributed by atoms with van der Waals surface area (Å²) in [5.74, 6) is -0.348. The molecule has 29 heavy (non-hydrogen) atoms. The van der Waals surface area contributed by atoms with E-state index in [1.54, 1.807) is 32.2 Å². The van der Waals surface area contributed by atoms with Gasteiger partial charge in [-0.15, -0.1) is 0 Å². The first-order valence-corrected chi connectivity index (χ1v) is 10.7. The topological polar surface area (TPSA) is 92.8 Å². The molecule has 1 aliphatic rings. The fraction of sp³-hybridized carbons (Fsp3) is 0.333. The van der Waals surface area contributed by atoms with Crippen LogP contribution in [0.4, 0.5) is 0 Å². The van der Waals surface area contributed by atoms with Gasteiger partial charge in [-0.25, -0.2) is 12.7 Å². The molecule has 1 fully saturated rings. The second-order valence-corrected chi connectivity index (χ2v) is 8.88. The van der Waals surface area contributed by atoms with Gasteiger partial charge in [-0.3, -0.25) is 9.59 Å². The Hall–Kier alpha value is -2.87. The molecule has 1 aliphatic heterocycles. The normalized spacial score (nSPS) is 16.7. The van der Waals surface area contributed by atoms with E-state index in [1.165, 1.54) is 12.1 Å². The van der Waals surface area contributed by atoms with Gasteiger partial charge >= 0.3 is 0 Å². The van der Waals surface area contributed by atoms with Gasteiger partial charge in [0.05, 0.1) is 12.0 Å². The zero-order chi connectivity index (χ0) is 21.2. The monoisotopic (exact) mass is 416 g/mol. The van der Waals surface area contributed by atoms with Crippen LogP contribution in [-0.4, -0.2) is 37.7 Å². The Morgan fingerprint density at radius 1 is 1.14 bits per heavy atom. The number of sulfonamides is 1. The molecule has 2 amide bonds. The Morgan fingerprint density at radius 2 is 1.83 bits per heavy atom. The molecular weight excluding hydrogens is 392 g/mol. The van der Waals surface area contributed by atoms with Crippen LogP contribution in [0, 0.1) is 13.8 Å². The number of carbonyl (C=O) groups is 2. The highest BCUT2D eigenvalue weighted by Crippen LogP contribution is 2.28. The highest BCUT2D eigenvalue weighted by Gasteiger charge is 2.44. The molecule has 1 heterocycles. The number of amides is 2. The largest absolute Gasteiger partial charge is 0.497 e. The van der Waals surface area contributed by atoms with Crippen LogP contribution in [0.3, 0.4) is 0 Å². The fourth-order valence-corrected chi connectivity index (χ4v) is 4.93. The van der Waals surface area contributed by atoms with Gasteiger partial charge < -0.3 is 10.1 Å². The van der Waals surface area contributed by atoms with Crippen LogP contribution in [0.25, 0.3) is 0 Å². The van der Waals surface area contributed by atoms with Crippen molar-refractivity contribution in [1.82, 2.24) is 9.62 Å². The van der Waals surface area contributed by atoms with Gasteiger partial charge in [0, 0.05) is 13.0 Å². The van der Waals surface area contributed by atoms with E-state index in [0.29, 0.717) is 5.75 Å². The summed E-state index contributed by atoms with van der Waals surface area (Å²) in [4.78, 5) is 25.1. The number of ether oxygens (including phenoxy) is 1. The zero-order valence-electron chi connectivity index (χ0n) is 16.6. The molecule has 0 radical (unpaired) electrons. The second kappa shape index (κ2) is 8.24. The molecule has 1 N–H and O–H groups in total. The van der Waals surface area contributed by atoms with Crippen molar-refractivity contribution in [1.29, 1.82) is 0 Å². The Morgan fingerprint density at radius 3 is 2.45 bits per heavy atom. The Labute approximate surface area is 170 Å². The Kier molecular flexibility index (Phi) is 5.93. The average molecular weight is 416 g/mol. The van der Waals surface area contributed by atoms with Crippen LogP contribution in [0.5, 0.6) is 5.75 Å². The summed E-state index contributed by atoms with van der Waals surface area (Å²) in [7, 11) is -2.54. The molecular formula is C21H24N2O5S. The van der Waals surface area contributed by atoms with Crippen molar-refractivity contribution in [2.45, 2.75) is 44.2 Å². The Bertz CT molecular complexity index is 1030. The lowest BCUT2D eigenvalue weighted by atomic mass is 10.1. The molecule has 0 aliphatic carbocycles. The van der Waals surface area contributed by atoms with Gasteiger partial charge in [0.25, 0.3) is 10.0 Å². The maximum absolute atomic E-state index is 13.1. The minimum Gasteiger partial charge on any atom is -0.497 e. The maximum Gasteiger partial charge on any atom is 0.267 e. The smallest absolute Gasteiger partial charge is 0.267 e. The number of benzene rings is 2. The molecule has 0 saturated carbocycles. The van der Waals surface area contributed by atoms with E-state index in [2.05, 4.69) is 5.32 Å². The van der Waals surface area contributed by atoms with E-state index in [1.807, 2.05) is 19.1 Å². The van der Waals surface area contributed by atoms with Crippen molar-refractivity contribution in [3.05, 3.63) is 59.2 Å². The molecule has 3 rings (SSSR count). The van der Waals surface area contributed by atoms with Crippen molar-refractivity contribution >= 4 is 21.8 Å². The summed E-state index contributed by atoms with van der Waals surface area (Å²) < 4.78 is 32.0. The van der Waals surface area contributed by atoms with E-state index in [-0.39, 0.29) is 24.3 Å². The number of hydrogen-bond donors (Lipinski definition) is 1. The predicted molar refractivity (Wildman–Crippen MR) is 108 cm³/mol. The number of methoxy groups -OCH3 is 1. The van der Waals surface area contributed by atoms with E-state index >= 15 is 0 Å². The second-order valence-electron chi connectivity index (χ2n) is 7.06. The number of nitrogens with zero attached hydrogens (tertiary/aromatic N) is 1. The summed E-state index contributed by atoms with van der Waals surface area (Å²) in [6, 6.07) is 10.8. The lowest BCUT2D eigenvalue weighted by molar-refractivity contribution is -0.130. The number of aryl methyl sites for hydroxylation is 2. The highest BCUT2D eigenvalue weighted by molar-refractivity contribution is 7.89. The molecule has 1 unspecified atom stereocenters. The maximum atomic E-state index is 13.1. The van der Waals surface area contributed by atoms with Gasteiger partial charge in [0.2, 0.25) is 11.8 Å². The van der Waals surface area contributed by atoms with E-state index in [4.69, 9.17) is 4.74 Å². The highest BCUT2D eigenvalue weighted by atomic mass is 32.2. The van der Waals surface area contributed by atoms with E-state index in [9.17, 15) is 18.0 Å². The summed E-state index contributed by atoms with van der Waals surface area (Å²) in [6.07, 6.45) is 0.183. The third-order valence-electron chi connectivity index (χ3n) is 5.12. The van der Waals surface area contributed by atoms with Crippen LogP contribution in [0.2, 0.25) is 0 Å². The standard InChI is InChI=1S/C21H24N2O5S/c1-14-4-9-18(12-15(14)2)29(26,27)23-19(10-11-20(23)24)21(25)22-13-16-5-7-17(28-3)8-6-16/h4-9,12,19H,10-11,13H2,1-3H3,(H,22,25). The summed E-state index contributed by atoms with van der Waals surface area (Å²) in [5, 5.41) is 2.73. The van der Waals surface area contributed by atoms with Crippen molar-refractivity contribution in [3.63, 3.8) is 0 Å². The van der Waals surface area contributed by atoms with Crippen molar-refractivity contribution in [2.24, 2.45) is 0 Å². The molecule has 0 spiro atoms. The van der Waals surface area contributed by atoms with Gasteiger partial charge in [-0.2, -0.15) is 0 Å². The van der Waals surface area contributed by atoms with Crippen molar-refractivity contribution in [3.8, 4) is 5.75 Å². The van der Waals surface area contributed by atoms with Crippen molar-refractivity contribution < 1.29 is 22.7 Å². The minimum absolute atomic E-state index is 0.0174. The van der Waals surface area contributed by atoms with Gasteiger partial charge in [0.15, 0.2) is 0 Å². The van der Waals surface area contributed by atoms with Crippen LogP contribution < -0.4 is 10.1 Å². The van der Waals surface area contributed by atoms with Crippen LogP contribution >= 0.6 is 0 Å². The van der Waals surface area contributed by atoms with Gasteiger partial charge in [-0.05, 0) is 61.2 Å². The van der Waals surface area contributed by atoms with Crippen LogP contribution in [0.1, 0.15) is 29.5 Å². The number of hydrogen-bond acceptors (Lipinski definition) is 5. The van der Waals surface area contributed by atoms with Gasteiger partial charge in [-0.1, -0.05) is 18.2 Å². The molecule has 1 atom stereocenters. The number of nitrogens with one attached hydrogen (secondary N) is 1. The Balaban J connectivity index is 1.78. The average Bonchev–Trinajstić information content (AvgIpc) is 3.11. The summed E-state index contributed by atoms with van der Waals surface area (Å²) in [5.41, 5.74) is 2.59. The predicted octanol–water partition coefficient (Wildman–Crippen LogP) is 2.31. The molecule has 0 aromatic heterocycles. The third-order valence-corrected chi connectivity index (χ3v) is 6.95.